The first kappa shape index (κ1) is 111. The van der Waals surface area contributed by atoms with Crippen molar-refractivity contribution in [2.24, 2.45) is 20.6 Å². The highest BCUT2D eigenvalue weighted by Crippen LogP contribution is 2.40. The zero-order valence-corrected chi connectivity index (χ0v) is 84.8. The van der Waals surface area contributed by atoms with Crippen LogP contribution in [0.4, 0.5) is 47.3 Å². The van der Waals surface area contributed by atoms with Crippen LogP contribution in [-0.2, 0) is 66.6 Å². The summed E-state index contributed by atoms with van der Waals surface area (Å²) in [6, 6.07) is 27.7. The Hall–Kier alpha value is -12.4. The van der Waals surface area contributed by atoms with Gasteiger partial charge in [0.05, 0.1) is 121 Å². The van der Waals surface area contributed by atoms with E-state index >= 15 is 0 Å². The van der Waals surface area contributed by atoms with Gasteiger partial charge in [-0.2, -0.15) is 75.6 Å². The Morgan fingerprint density at radius 3 is 1.05 bits per heavy atom. The second kappa shape index (κ2) is 54.1. The number of nitrogens with zero attached hydrogens (tertiary/aromatic N) is 28. The Labute approximate surface area is 838 Å². The van der Waals surface area contributed by atoms with E-state index < -0.39 is 36.9 Å². The van der Waals surface area contributed by atoms with E-state index in [1.807, 2.05) is 76.6 Å². The fourth-order valence-corrected chi connectivity index (χ4v) is 17.5. The molecule has 0 saturated heterocycles. The number of halogens is 9. The summed E-state index contributed by atoms with van der Waals surface area (Å²) in [5.41, 5.74) is 3.39. The molecule has 13 rings (SSSR count). The van der Waals surface area contributed by atoms with Crippen molar-refractivity contribution in [3.05, 3.63) is 245 Å². The largest absolute Gasteiger partial charge is 0.446 e. The topological polar surface area (TPSA) is 425 Å². The van der Waals surface area contributed by atoms with Crippen molar-refractivity contribution in [3.8, 4) is 46.5 Å². The van der Waals surface area contributed by atoms with Crippen LogP contribution >= 0.6 is 94.0 Å². The monoisotopic (exact) mass is 2100 g/mol. The number of anilines is 6. The Morgan fingerprint density at radius 2 is 0.768 bits per heavy atom. The number of rotatable bonds is 30. The van der Waals surface area contributed by atoms with E-state index in [0.717, 1.165) is 29.0 Å². The molecular formula is C87H94Cl6F3N29O8S5. The Balaban J connectivity index is 0.000000204. The maximum atomic E-state index is 12.9. The summed E-state index contributed by atoms with van der Waals surface area (Å²) in [5.74, 6) is 0.0334. The Kier molecular flexibility index (Phi) is 43.5. The third-order valence-corrected chi connectivity index (χ3v) is 25.3. The van der Waals surface area contributed by atoms with Gasteiger partial charge >= 0.3 is 5.51 Å². The molecule has 37 nitrogen and oxygen atoms in total. The molecule has 13 aromatic rings. The van der Waals surface area contributed by atoms with Crippen LogP contribution < -0.4 is 34.1 Å². The smallest absolute Gasteiger partial charge is 0.311 e. The van der Waals surface area contributed by atoms with Crippen LogP contribution in [0.1, 0.15) is 59.9 Å². The highest BCUT2D eigenvalue weighted by atomic mass is 35.5. The highest BCUT2D eigenvalue weighted by Gasteiger charge is 2.33. The molecule has 138 heavy (non-hydrogen) atoms. The van der Waals surface area contributed by atoms with Gasteiger partial charge in [0, 0.05) is 133 Å². The molecule has 0 aliphatic rings. The van der Waals surface area contributed by atoms with Gasteiger partial charge in [-0.1, -0.05) is 123 Å². The minimum absolute atomic E-state index is 0.00144. The molecule has 4 atom stereocenters. The molecule has 51 heteroatoms. The predicted octanol–water partition coefficient (Wildman–Crippen LogP) is 15.7. The van der Waals surface area contributed by atoms with Gasteiger partial charge in [0.1, 0.15) is 34.1 Å². The third kappa shape index (κ3) is 32.9. The van der Waals surface area contributed by atoms with Crippen molar-refractivity contribution in [3.63, 3.8) is 0 Å². The normalized spacial score (nSPS) is 11.8. The van der Waals surface area contributed by atoms with Crippen molar-refractivity contribution in [2.75, 3.05) is 113 Å². The minimum atomic E-state index is -4.43. The van der Waals surface area contributed by atoms with Gasteiger partial charge in [-0.25, -0.2) is 41.2 Å². The average Bonchev–Trinajstić information content (AvgIpc) is 1.67. The van der Waals surface area contributed by atoms with E-state index in [2.05, 4.69) is 86.6 Å². The molecule has 6 amide bonds. The summed E-state index contributed by atoms with van der Waals surface area (Å²) in [6.45, 7) is 12.1. The summed E-state index contributed by atoms with van der Waals surface area (Å²) >= 11 is 40.8. The molecular weight excluding hydrogens is 2010 g/mol. The molecule has 0 aliphatic carbocycles. The second-order valence-electron chi connectivity index (χ2n) is 29.0. The van der Waals surface area contributed by atoms with Gasteiger partial charge in [-0.3, -0.25) is 58.7 Å². The maximum absolute atomic E-state index is 12.9. The number of amides is 6. The van der Waals surface area contributed by atoms with E-state index in [-0.39, 0.29) is 110 Å². The van der Waals surface area contributed by atoms with Crippen molar-refractivity contribution in [1.82, 2.24) is 93.3 Å². The molecule has 0 fully saturated rings. The van der Waals surface area contributed by atoms with E-state index in [4.69, 9.17) is 80.1 Å². The number of benzene rings is 1. The van der Waals surface area contributed by atoms with Crippen LogP contribution in [0.25, 0.3) is 34.1 Å². The van der Waals surface area contributed by atoms with E-state index in [0.29, 0.717) is 98.1 Å². The summed E-state index contributed by atoms with van der Waals surface area (Å²) in [5, 5.41) is 43.7. The number of pyridine rings is 6. The number of alkyl halides is 3. The van der Waals surface area contributed by atoms with Crippen molar-refractivity contribution in [2.45, 2.75) is 71.2 Å². The van der Waals surface area contributed by atoms with Crippen LogP contribution in [0.3, 0.4) is 0 Å². The van der Waals surface area contributed by atoms with Crippen LogP contribution in [0.15, 0.2) is 222 Å². The van der Waals surface area contributed by atoms with Crippen LogP contribution in [0.2, 0.25) is 30.9 Å². The average molecular weight is 2100 g/mol. The summed E-state index contributed by atoms with van der Waals surface area (Å²) in [4.78, 5) is 107. The van der Waals surface area contributed by atoms with Crippen molar-refractivity contribution < 1.29 is 50.4 Å². The zero-order chi connectivity index (χ0) is 101. The molecule has 0 spiro atoms. The SMILES string of the molecule is CC(CS(C)=NC#N)C(=O)N(C)c1cn(-c2cccnc2)nc1Cl.CC(CS(C)=NC#N)C(=O)N(C)c1cn(-c2cccnc2)nc1Cl.CCN(C(=O)CCS)c1cn(-c2cccnc2)nc1Cl.CCN(C(=O)Cc1ccccc1SC(F)(F)F)c1cn(-c2cccnc2)nc1Cl.CCN(C(C)=O)c1cn(-c2cccnc2)nc1Cl.CN(C(=O)CCNS(C)(=O)=O)c1cn(-c2cccnc2)nc1Cl. The van der Waals surface area contributed by atoms with Crippen LogP contribution in [0, 0.1) is 34.7 Å². The molecule has 0 bridgehead atoms. The van der Waals surface area contributed by atoms with Crippen LogP contribution in [-0.4, -0.2) is 221 Å². The van der Waals surface area contributed by atoms with Gasteiger partial charge < -0.3 is 29.4 Å². The second-order valence-corrected chi connectivity index (χ2v) is 38.0. The number of thioether (sulfide) groups is 1. The number of likely N-dealkylation sites (N-methyl/N-ethyl adjacent to an activating group) is 1. The minimum Gasteiger partial charge on any atom is -0.311 e. The molecule has 12 heterocycles. The van der Waals surface area contributed by atoms with Gasteiger partial charge in [0.25, 0.3) is 0 Å². The van der Waals surface area contributed by atoms with Gasteiger partial charge in [0.15, 0.2) is 30.9 Å². The number of carbonyl (C=O) groups is 6. The molecule has 1 aromatic carbocycles. The first-order valence-corrected chi connectivity index (χ1v) is 50.3. The number of nitriles is 2. The number of aromatic nitrogens is 18. The lowest BCUT2D eigenvalue weighted by molar-refractivity contribution is -0.121. The fraction of sp³-hybridized carbons (Fsp3) is 0.287. The number of hydrogen-bond acceptors (Lipinski definition) is 26. The lowest BCUT2D eigenvalue weighted by Crippen LogP contribution is -2.33. The van der Waals surface area contributed by atoms with E-state index in [1.54, 1.807) is 223 Å². The quantitative estimate of drug-likeness (QED) is 0.0240. The first-order valence-electron chi connectivity index (χ1n) is 41.2. The lowest BCUT2D eigenvalue weighted by atomic mass is 10.1. The predicted molar refractivity (Wildman–Crippen MR) is 537 cm³/mol. The van der Waals surface area contributed by atoms with Gasteiger partial charge in [-0.05, 0) is 135 Å². The summed E-state index contributed by atoms with van der Waals surface area (Å²) in [6.07, 6.45) is 38.3. The highest BCUT2D eigenvalue weighted by molar-refractivity contribution is 8.00. The number of nitrogens with one attached hydrogen (secondary N) is 1. The molecule has 0 saturated carbocycles. The summed E-state index contributed by atoms with van der Waals surface area (Å²) in [7, 11) is 0.611. The fourth-order valence-electron chi connectivity index (χ4n) is 12.5. The number of thiol groups is 1. The van der Waals surface area contributed by atoms with Crippen molar-refractivity contribution >= 4 is 195 Å². The zero-order valence-electron chi connectivity index (χ0n) is 76.1. The van der Waals surface area contributed by atoms with Gasteiger partial charge in [-0.15, -0.1) is 0 Å². The van der Waals surface area contributed by atoms with Crippen molar-refractivity contribution in [1.29, 1.82) is 10.5 Å². The molecule has 12 aromatic heterocycles. The first-order chi connectivity index (χ1) is 65.7. The standard InChI is InChI=1S/C19H16ClF3N4OS.2C15H17ClN6OS.C13H16ClN5O3S.C13H15ClN4OS.C12H13ClN4O/c1-2-26(15-12-27(25-18(15)20)14-7-5-9-24-11-14)17(28)10-13-6-3-4-8-16(13)29-19(21,22)23;2*1-11(9-24(3)19-10-17)15(23)21(2)13-8-22(20-14(13)16)12-5-4-6-18-7-12;1-18(12(20)5-7-16-23(2,21)22)11-9-19(17-13(11)14)10-4-3-6-15-8-10;1-2-17(12(19)5-7-20)11-9-18(16-13(11)14)10-4-3-6-15-8-10;1-3-16(9(2)18)11-8-17(15-12(11)13)10-5-4-6-14-7-10/h3-9,11-12H,2,10H2,1H3;2*4-8,11H,9H2,1-3H3;3-4,6,8-9,16H,5,7H2,1-2H3;3-4,6,8-9,20H,2,5,7H2,1H3;4-8H,3H2,1-2H3. The molecule has 0 aliphatic heterocycles. The maximum Gasteiger partial charge on any atom is 0.446 e. The number of sulfonamides is 1. The lowest BCUT2D eigenvalue weighted by Gasteiger charge is -2.20. The summed E-state index contributed by atoms with van der Waals surface area (Å²) < 4.78 is 79.5. The molecule has 728 valence electrons. The Bertz CT molecular complexity index is 6390. The number of carbonyl (C=O) groups excluding carboxylic acids is 6. The number of hydrogen-bond donors (Lipinski definition) is 2. The van der Waals surface area contributed by atoms with Crippen LogP contribution in [0.5, 0.6) is 0 Å². The van der Waals surface area contributed by atoms with E-state index in [9.17, 15) is 50.4 Å². The molecule has 0 radical (unpaired) electrons. The van der Waals surface area contributed by atoms with E-state index in [1.165, 1.54) is 54.1 Å². The molecule has 1 N–H and O–H groups in total. The molecule has 4 unspecified atom stereocenters. The Morgan fingerprint density at radius 1 is 0.471 bits per heavy atom. The third-order valence-electron chi connectivity index (χ3n) is 19.1. The van der Waals surface area contributed by atoms with Gasteiger partial charge in [0.2, 0.25) is 57.9 Å².